The third-order valence-electron chi connectivity index (χ3n) is 3.02. The summed E-state index contributed by atoms with van der Waals surface area (Å²) in [5, 5.41) is 0. The summed E-state index contributed by atoms with van der Waals surface area (Å²) in [6.45, 7) is 5.72. The monoisotopic (exact) mass is 284 g/mol. The van der Waals surface area contributed by atoms with Crippen LogP contribution in [-0.2, 0) is 0 Å². The molecule has 2 atom stereocenters. The first-order valence-electron chi connectivity index (χ1n) is 5.76. The number of hydrogen-bond acceptors (Lipinski definition) is 2. The Kier molecular flexibility index (Phi) is 3.74. The van der Waals surface area contributed by atoms with E-state index in [9.17, 15) is 0 Å². The maximum absolute atomic E-state index is 5.59. The van der Waals surface area contributed by atoms with E-state index in [2.05, 4.69) is 41.9 Å². The number of alkyl halides is 1. The number of halogens is 1. The summed E-state index contributed by atoms with van der Waals surface area (Å²) in [6, 6.07) is 6.24. The van der Waals surface area contributed by atoms with Crippen molar-refractivity contribution in [2.45, 2.75) is 31.0 Å². The number of fused-ring (bicyclic) bond motifs is 1. The summed E-state index contributed by atoms with van der Waals surface area (Å²) in [4.78, 5) is 0.509. The largest absolute Gasteiger partial charge is 0.486 e. The molecule has 0 spiro atoms. The Morgan fingerprint density at radius 2 is 1.94 bits per heavy atom. The Morgan fingerprint density at radius 1 is 1.25 bits per heavy atom. The van der Waals surface area contributed by atoms with Crippen LogP contribution in [0, 0.1) is 0 Å². The van der Waals surface area contributed by atoms with Crippen LogP contribution in [-0.4, -0.2) is 18.0 Å². The van der Waals surface area contributed by atoms with Gasteiger partial charge in [0.25, 0.3) is 0 Å². The van der Waals surface area contributed by atoms with E-state index in [0.29, 0.717) is 24.0 Å². The van der Waals surface area contributed by atoms with Gasteiger partial charge in [0.2, 0.25) is 0 Å². The fraction of sp³-hybridized carbons (Fsp3) is 0.538. The van der Waals surface area contributed by atoms with Crippen molar-refractivity contribution in [2.24, 2.45) is 0 Å². The standard InChI is InChI=1S/C13H17BrO2/c1-3-11(14)9(2)10-4-5-12-13(8-10)16-7-6-15-12/h4-5,8-9,11H,3,6-7H2,1-2H3. The molecule has 3 heteroatoms. The average molecular weight is 285 g/mol. The second kappa shape index (κ2) is 5.09. The molecule has 88 valence electrons. The van der Waals surface area contributed by atoms with Gasteiger partial charge in [-0.3, -0.25) is 0 Å². The first-order chi connectivity index (χ1) is 7.72. The number of benzene rings is 1. The van der Waals surface area contributed by atoms with Crippen LogP contribution < -0.4 is 9.47 Å². The maximum atomic E-state index is 5.59. The molecule has 1 aliphatic heterocycles. The molecule has 0 amide bonds. The van der Waals surface area contributed by atoms with Crippen molar-refractivity contribution < 1.29 is 9.47 Å². The fourth-order valence-corrected chi connectivity index (χ4v) is 2.21. The summed E-state index contributed by atoms with van der Waals surface area (Å²) in [5.74, 6) is 2.23. The highest BCUT2D eigenvalue weighted by Crippen LogP contribution is 2.35. The molecular formula is C13H17BrO2. The van der Waals surface area contributed by atoms with E-state index < -0.39 is 0 Å². The quantitative estimate of drug-likeness (QED) is 0.788. The van der Waals surface area contributed by atoms with Gasteiger partial charge in [-0.15, -0.1) is 0 Å². The normalized spacial score (nSPS) is 17.9. The van der Waals surface area contributed by atoms with Gasteiger partial charge in [0.15, 0.2) is 11.5 Å². The Hall–Kier alpha value is -0.700. The summed E-state index contributed by atoms with van der Waals surface area (Å²) in [7, 11) is 0. The molecule has 2 rings (SSSR count). The molecule has 0 bridgehead atoms. The van der Waals surface area contributed by atoms with Crippen molar-refractivity contribution in [1.82, 2.24) is 0 Å². The summed E-state index contributed by atoms with van der Waals surface area (Å²) < 4.78 is 11.1. The van der Waals surface area contributed by atoms with Gasteiger partial charge in [0, 0.05) is 4.83 Å². The smallest absolute Gasteiger partial charge is 0.161 e. The zero-order chi connectivity index (χ0) is 11.5. The molecule has 2 nitrogen and oxygen atoms in total. The Labute approximate surface area is 105 Å². The van der Waals surface area contributed by atoms with E-state index in [-0.39, 0.29) is 0 Å². The predicted octanol–water partition coefficient (Wildman–Crippen LogP) is 3.73. The Morgan fingerprint density at radius 3 is 2.62 bits per heavy atom. The molecule has 1 heterocycles. The van der Waals surface area contributed by atoms with E-state index in [4.69, 9.17) is 9.47 Å². The molecule has 0 radical (unpaired) electrons. The van der Waals surface area contributed by atoms with Gasteiger partial charge in [0.05, 0.1) is 0 Å². The van der Waals surface area contributed by atoms with Crippen LogP contribution in [0.3, 0.4) is 0 Å². The third-order valence-corrected chi connectivity index (χ3v) is 4.47. The van der Waals surface area contributed by atoms with Gasteiger partial charge < -0.3 is 9.47 Å². The first-order valence-corrected chi connectivity index (χ1v) is 6.67. The topological polar surface area (TPSA) is 18.5 Å². The van der Waals surface area contributed by atoms with Crippen molar-refractivity contribution in [1.29, 1.82) is 0 Å². The summed E-state index contributed by atoms with van der Waals surface area (Å²) >= 11 is 3.70. The minimum Gasteiger partial charge on any atom is -0.486 e. The van der Waals surface area contributed by atoms with E-state index >= 15 is 0 Å². The molecule has 2 unspecified atom stereocenters. The second-order valence-electron chi connectivity index (χ2n) is 4.12. The van der Waals surface area contributed by atoms with Crippen LogP contribution in [0.1, 0.15) is 31.7 Å². The molecule has 0 saturated heterocycles. The van der Waals surface area contributed by atoms with E-state index in [1.807, 2.05) is 6.07 Å². The van der Waals surface area contributed by atoms with Crippen molar-refractivity contribution in [2.75, 3.05) is 13.2 Å². The van der Waals surface area contributed by atoms with Crippen molar-refractivity contribution >= 4 is 15.9 Å². The Bertz CT molecular complexity index is 365. The first kappa shape index (κ1) is 11.8. The van der Waals surface area contributed by atoms with Crippen LogP contribution in [0.4, 0.5) is 0 Å². The highest BCUT2D eigenvalue weighted by Gasteiger charge is 2.18. The molecule has 16 heavy (non-hydrogen) atoms. The number of hydrogen-bond donors (Lipinski definition) is 0. The zero-order valence-electron chi connectivity index (χ0n) is 9.70. The summed E-state index contributed by atoms with van der Waals surface area (Å²) in [5.41, 5.74) is 1.30. The molecule has 0 saturated carbocycles. The molecule has 0 aliphatic carbocycles. The van der Waals surface area contributed by atoms with E-state index in [1.54, 1.807) is 0 Å². The van der Waals surface area contributed by atoms with Crippen molar-refractivity contribution in [3.8, 4) is 11.5 Å². The van der Waals surface area contributed by atoms with Crippen LogP contribution >= 0.6 is 15.9 Å². The lowest BCUT2D eigenvalue weighted by Crippen LogP contribution is -2.16. The third kappa shape index (κ3) is 2.34. The van der Waals surface area contributed by atoms with E-state index in [0.717, 1.165) is 17.9 Å². The fourth-order valence-electron chi connectivity index (χ4n) is 1.91. The highest BCUT2D eigenvalue weighted by molar-refractivity contribution is 9.09. The molecule has 1 aliphatic rings. The average Bonchev–Trinajstić information content (AvgIpc) is 2.36. The second-order valence-corrected chi connectivity index (χ2v) is 5.29. The summed E-state index contributed by atoms with van der Waals surface area (Å²) in [6.07, 6.45) is 1.12. The molecule has 0 aromatic heterocycles. The van der Waals surface area contributed by atoms with Gasteiger partial charge in [0.1, 0.15) is 13.2 Å². The lowest BCUT2D eigenvalue weighted by atomic mass is 9.96. The van der Waals surface area contributed by atoms with Crippen LogP contribution in [0.25, 0.3) is 0 Å². The van der Waals surface area contributed by atoms with Gasteiger partial charge >= 0.3 is 0 Å². The van der Waals surface area contributed by atoms with Crippen LogP contribution in [0.15, 0.2) is 18.2 Å². The molecule has 1 aromatic rings. The van der Waals surface area contributed by atoms with Crippen LogP contribution in [0.5, 0.6) is 11.5 Å². The predicted molar refractivity (Wildman–Crippen MR) is 68.9 cm³/mol. The van der Waals surface area contributed by atoms with Gasteiger partial charge in [-0.05, 0) is 30.0 Å². The van der Waals surface area contributed by atoms with Crippen LogP contribution in [0.2, 0.25) is 0 Å². The van der Waals surface area contributed by atoms with Gasteiger partial charge in [-0.25, -0.2) is 0 Å². The minimum absolute atomic E-state index is 0.487. The molecule has 0 N–H and O–H groups in total. The zero-order valence-corrected chi connectivity index (χ0v) is 11.3. The lowest BCUT2D eigenvalue weighted by Gasteiger charge is -2.22. The van der Waals surface area contributed by atoms with Gasteiger partial charge in [-0.1, -0.05) is 35.8 Å². The van der Waals surface area contributed by atoms with Gasteiger partial charge in [-0.2, -0.15) is 0 Å². The lowest BCUT2D eigenvalue weighted by molar-refractivity contribution is 0.171. The Balaban J connectivity index is 2.22. The van der Waals surface area contributed by atoms with E-state index in [1.165, 1.54) is 5.56 Å². The number of rotatable bonds is 3. The highest BCUT2D eigenvalue weighted by atomic mass is 79.9. The number of ether oxygens (including phenoxy) is 2. The SMILES string of the molecule is CCC(Br)C(C)c1ccc2c(c1)OCCO2. The minimum atomic E-state index is 0.487. The van der Waals surface area contributed by atoms with Crippen molar-refractivity contribution in [3.05, 3.63) is 23.8 Å². The molecular weight excluding hydrogens is 268 g/mol. The maximum Gasteiger partial charge on any atom is 0.161 e. The van der Waals surface area contributed by atoms with Crippen molar-refractivity contribution in [3.63, 3.8) is 0 Å². The molecule has 0 fully saturated rings. The molecule has 1 aromatic carbocycles.